The van der Waals surface area contributed by atoms with Gasteiger partial charge in [0.25, 0.3) is 5.91 Å². The van der Waals surface area contributed by atoms with Gasteiger partial charge in [0, 0.05) is 46.9 Å². The molecule has 238 valence electrons. The first-order valence-corrected chi connectivity index (χ1v) is 15.0. The van der Waals surface area contributed by atoms with E-state index in [-0.39, 0.29) is 37.0 Å². The molecule has 0 fully saturated rings. The number of aryl methyl sites for hydroxylation is 1. The Morgan fingerprint density at radius 2 is 1.72 bits per heavy atom. The van der Waals surface area contributed by atoms with Crippen molar-refractivity contribution in [3.8, 4) is 5.75 Å². The number of esters is 1. The minimum Gasteiger partial charge on any atom is -0.487 e. The van der Waals surface area contributed by atoms with Crippen LogP contribution in [0.2, 0.25) is 10.0 Å². The van der Waals surface area contributed by atoms with Crippen LogP contribution in [0.25, 0.3) is 17.0 Å². The number of aromatic nitrogens is 1. The van der Waals surface area contributed by atoms with E-state index < -0.39 is 17.8 Å². The van der Waals surface area contributed by atoms with Crippen LogP contribution in [0, 0.1) is 6.92 Å². The smallest absolute Gasteiger partial charge is 0.307 e. The zero-order valence-corrected chi connectivity index (χ0v) is 26.9. The number of methoxy groups -OCH3 is 1. The molecular formula is C34H32Cl2N4O6. The van der Waals surface area contributed by atoms with Gasteiger partial charge in [0.2, 0.25) is 11.8 Å². The average molecular weight is 664 g/mol. The predicted octanol–water partition coefficient (Wildman–Crippen LogP) is 5.51. The molecule has 0 atom stereocenters. The molecule has 3 aromatic carbocycles. The molecule has 46 heavy (non-hydrogen) atoms. The van der Waals surface area contributed by atoms with Crippen molar-refractivity contribution in [2.75, 3.05) is 32.1 Å². The maximum absolute atomic E-state index is 13.0. The number of ether oxygens (including phenoxy) is 2. The summed E-state index contributed by atoms with van der Waals surface area (Å²) in [6.45, 7) is 1.83. The minimum atomic E-state index is -0.485. The lowest BCUT2D eigenvalue weighted by Crippen LogP contribution is -2.37. The molecule has 2 N–H and O–H groups in total. The van der Waals surface area contributed by atoms with E-state index >= 15 is 0 Å². The van der Waals surface area contributed by atoms with Crippen molar-refractivity contribution in [2.45, 2.75) is 20.0 Å². The van der Waals surface area contributed by atoms with Crippen LogP contribution >= 0.6 is 23.2 Å². The number of benzene rings is 3. The fourth-order valence-corrected chi connectivity index (χ4v) is 4.94. The number of para-hydroxylation sites is 1. The Hall–Kier alpha value is -4.93. The molecule has 0 unspecified atom stereocenters. The largest absolute Gasteiger partial charge is 0.487 e. The van der Waals surface area contributed by atoms with Gasteiger partial charge in [-0.1, -0.05) is 53.5 Å². The monoisotopic (exact) mass is 662 g/mol. The summed E-state index contributed by atoms with van der Waals surface area (Å²) in [5.41, 5.74) is 3.55. The quantitative estimate of drug-likeness (QED) is 0.151. The summed E-state index contributed by atoms with van der Waals surface area (Å²) < 4.78 is 10.6. The van der Waals surface area contributed by atoms with E-state index in [0.717, 1.165) is 16.6 Å². The second kappa shape index (κ2) is 15.9. The van der Waals surface area contributed by atoms with Crippen LogP contribution in [-0.2, 0) is 25.7 Å². The lowest BCUT2D eigenvalue weighted by atomic mass is 10.1. The molecular weight excluding hydrogens is 631 g/mol. The fourth-order valence-electron chi connectivity index (χ4n) is 4.33. The molecule has 0 saturated heterocycles. The molecule has 0 bridgehead atoms. The number of hydrogen-bond donors (Lipinski definition) is 2. The lowest BCUT2D eigenvalue weighted by molar-refractivity contribution is -0.140. The zero-order chi connectivity index (χ0) is 33.2. The fraction of sp³-hybridized carbons (Fsp3) is 0.206. The molecule has 0 saturated carbocycles. The summed E-state index contributed by atoms with van der Waals surface area (Å²) in [5, 5.41) is 6.76. The van der Waals surface area contributed by atoms with Crippen LogP contribution < -0.4 is 20.3 Å². The molecule has 1 aromatic heterocycles. The molecule has 4 rings (SSSR count). The third-order valence-electron chi connectivity index (χ3n) is 6.95. The second-order valence-corrected chi connectivity index (χ2v) is 10.9. The van der Waals surface area contributed by atoms with E-state index in [0.29, 0.717) is 33.1 Å². The standard InChI is InChI=1S/C34H32Cl2N4O6/c1-21-7-11-23-5-4-6-28(33(23)39-21)46-20-25-26(35)14-15-27(32(25)36)40(2)30(42)19-38-29(41)16-10-22-8-12-24(13-9-22)34(44)37-18-17-31(43)45-3/h4-16H,17-20H2,1-3H3,(H,37,44)(H,38,41)/b16-10+. The first kappa shape index (κ1) is 34.0. The number of rotatable bonds is 12. The Bertz CT molecular complexity index is 1790. The van der Waals surface area contributed by atoms with Crippen molar-refractivity contribution < 1.29 is 28.7 Å². The molecule has 0 aliphatic rings. The maximum atomic E-state index is 13.0. The number of halogens is 2. The van der Waals surface area contributed by atoms with Gasteiger partial charge < -0.3 is 25.0 Å². The second-order valence-electron chi connectivity index (χ2n) is 10.1. The Morgan fingerprint density at radius 3 is 2.46 bits per heavy atom. The molecule has 0 radical (unpaired) electrons. The zero-order valence-electron chi connectivity index (χ0n) is 25.4. The van der Waals surface area contributed by atoms with E-state index in [9.17, 15) is 19.2 Å². The molecule has 12 heteroatoms. The number of likely N-dealkylation sites (N-methyl/N-ethyl adjacent to an activating group) is 1. The Morgan fingerprint density at radius 1 is 0.957 bits per heavy atom. The minimum absolute atomic E-state index is 0.0465. The van der Waals surface area contributed by atoms with E-state index in [2.05, 4.69) is 20.4 Å². The third-order valence-corrected chi connectivity index (χ3v) is 7.73. The van der Waals surface area contributed by atoms with E-state index in [4.69, 9.17) is 27.9 Å². The van der Waals surface area contributed by atoms with E-state index in [1.54, 1.807) is 49.5 Å². The van der Waals surface area contributed by atoms with E-state index in [1.807, 2.05) is 37.3 Å². The lowest BCUT2D eigenvalue weighted by Gasteiger charge is -2.21. The molecule has 0 aliphatic heterocycles. The van der Waals surface area contributed by atoms with Crippen molar-refractivity contribution in [3.05, 3.63) is 105 Å². The number of anilines is 1. The summed E-state index contributed by atoms with van der Waals surface area (Å²) in [7, 11) is 2.83. The Labute approximate surface area is 276 Å². The Balaban J connectivity index is 1.32. The summed E-state index contributed by atoms with van der Waals surface area (Å²) in [5.74, 6) is -1.07. The van der Waals surface area contributed by atoms with Crippen molar-refractivity contribution in [3.63, 3.8) is 0 Å². The molecule has 0 spiro atoms. The third kappa shape index (κ3) is 8.83. The van der Waals surface area contributed by atoms with Gasteiger partial charge in [-0.25, -0.2) is 4.98 Å². The van der Waals surface area contributed by atoms with Gasteiger partial charge >= 0.3 is 5.97 Å². The molecule has 1 heterocycles. The SMILES string of the molecule is COC(=O)CCNC(=O)c1ccc(/C=C/C(=O)NCC(=O)N(C)c2ccc(Cl)c(COc3cccc4ccc(C)nc34)c2Cl)cc1. The Kier molecular flexibility index (Phi) is 11.7. The van der Waals surface area contributed by atoms with Crippen molar-refractivity contribution >= 4 is 69.6 Å². The number of hydrogen-bond acceptors (Lipinski definition) is 7. The number of carbonyl (C=O) groups is 4. The van der Waals surface area contributed by atoms with Crippen LogP contribution in [0.3, 0.4) is 0 Å². The number of carbonyl (C=O) groups excluding carboxylic acids is 4. The number of fused-ring (bicyclic) bond motifs is 1. The summed E-state index contributed by atoms with van der Waals surface area (Å²) in [4.78, 5) is 54.7. The van der Waals surface area contributed by atoms with Crippen LogP contribution in [0.4, 0.5) is 5.69 Å². The van der Waals surface area contributed by atoms with Gasteiger partial charge in [0.1, 0.15) is 17.9 Å². The van der Waals surface area contributed by atoms with Crippen LogP contribution in [0.15, 0.2) is 72.8 Å². The van der Waals surface area contributed by atoms with Gasteiger partial charge in [-0.05, 0) is 55.0 Å². The summed E-state index contributed by atoms with van der Waals surface area (Å²) in [6, 6.07) is 19.3. The topological polar surface area (TPSA) is 127 Å². The highest BCUT2D eigenvalue weighted by atomic mass is 35.5. The number of nitrogens with one attached hydrogen (secondary N) is 2. The van der Waals surface area contributed by atoms with Gasteiger partial charge in [0.05, 0.1) is 30.8 Å². The summed E-state index contributed by atoms with van der Waals surface area (Å²) >= 11 is 13.2. The normalized spacial score (nSPS) is 10.9. The highest BCUT2D eigenvalue weighted by molar-refractivity contribution is 6.38. The van der Waals surface area contributed by atoms with Crippen molar-refractivity contribution in [1.29, 1.82) is 0 Å². The van der Waals surface area contributed by atoms with Gasteiger partial charge in [-0.15, -0.1) is 0 Å². The highest BCUT2D eigenvalue weighted by Gasteiger charge is 2.19. The molecule has 4 aromatic rings. The van der Waals surface area contributed by atoms with Gasteiger partial charge in [-0.3, -0.25) is 19.2 Å². The van der Waals surface area contributed by atoms with Gasteiger partial charge in [0.15, 0.2) is 0 Å². The molecule has 0 aliphatic carbocycles. The average Bonchev–Trinajstić information content (AvgIpc) is 3.06. The van der Waals surface area contributed by atoms with Crippen LogP contribution in [0.5, 0.6) is 5.75 Å². The maximum Gasteiger partial charge on any atom is 0.307 e. The van der Waals surface area contributed by atoms with Crippen molar-refractivity contribution in [1.82, 2.24) is 15.6 Å². The van der Waals surface area contributed by atoms with Gasteiger partial charge in [-0.2, -0.15) is 0 Å². The summed E-state index contributed by atoms with van der Waals surface area (Å²) in [6.07, 6.45) is 2.91. The number of pyridine rings is 1. The highest BCUT2D eigenvalue weighted by Crippen LogP contribution is 2.35. The molecule has 3 amide bonds. The van der Waals surface area contributed by atoms with Crippen molar-refractivity contribution in [2.24, 2.45) is 0 Å². The number of amides is 3. The van der Waals surface area contributed by atoms with E-state index in [1.165, 1.54) is 18.1 Å². The first-order chi connectivity index (χ1) is 22.1. The van der Waals surface area contributed by atoms with Crippen LogP contribution in [0.1, 0.15) is 33.6 Å². The first-order valence-electron chi connectivity index (χ1n) is 14.2. The van der Waals surface area contributed by atoms with Crippen LogP contribution in [-0.4, -0.2) is 55.9 Å². The number of nitrogens with zero attached hydrogens (tertiary/aromatic N) is 2. The molecule has 10 nitrogen and oxygen atoms in total. The predicted molar refractivity (Wildman–Crippen MR) is 178 cm³/mol.